The van der Waals surface area contributed by atoms with E-state index in [0.29, 0.717) is 13.1 Å². The van der Waals surface area contributed by atoms with E-state index < -0.39 is 10.6 Å². The molecular weight excluding hydrogens is 226 g/mol. The third-order valence-corrected chi connectivity index (χ3v) is 3.00. The fraction of sp³-hybridized carbons (Fsp3) is 1.00. The van der Waals surface area contributed by atoms with Crippen LogP contribution in [0, 0.1) is 0 Å². The molecule has 0 aromatic heterocycles. The summed E-state index contributed by atoms with van der Waals surface area (Å²) in [6.07, 6.45) is -2.21. The molecule has 1 rings (SSSR count). The first-order valence-electron chi connectivity index (χ1n) is 4.05. The quantitative estimate of drug-likeness (QED) is 0.499. The highest BCUT2D eigenvalue weighted by Gasteiger charge is 2.56. The Morgan fingerprint density at radius 2 is 1.38 bits per heavy atom. The Hall–Kier alpha value is 0.330. The highest BCUT2D eigenvalue weighted by atomic mass is 35.5. The molecule has 13 heavy (non-hydrogen) atoms. The van der Waals surface area contributed by atoms with Crippen molar-refractivity contribution in [2.45, 2.75) is 29.9 Å². The lowest BCUT2D eigenvalue weighted by molar-refractivity contribution is -0.176. The lowest BCUT2D eigenvalue weighted by atomic mass is 10.1. The van der Waals surface area contributed by atoms with Crippen LogP contribution in [0.15, 0.2) is 0 Å². The molecule has 0 spiro atoms. The number of rotatable bonds is 1. The van der Waals surface area contributed by atoms with Gasteiger partial charge in [-0.15, -0.1) is 0 Å². The minimum atomic E-state index is -4.59. The standard InChI is InChI=1S/C7H10Cl2F3N/c8-6(9,7(10,11)12)13-4-2-1-3-5-13/h1-5H2. The molecule has 1 saturated heterocycles. The zero-order valence-electron chi connectivity index (χ0n) is 6.87. The van der Waals surface area contributed by atoms with Crippen LogP contribution in [0.4, 0.5) is 13.2 Å². The van der Waals surface area contributed by atoms with Gasteiger partial charge >= 0.3 is 6.18 Å². The van der Waals surface area contributed by atoms with Gasteiger partial charge in [-0.3, -0.25) is 4.90 Å². The van der Waals surface area contributed by atoms with Crippen molar-refractivity contribution in [1.82, 2.24) is 4.90 Å². The average molecular weight is 236 g/mol. The largest absolute Gasteiger partial charge is 0.435 e. The van der Waals surface area contributed by atoms with Gasteiger partial charge in [-0.1, -0.05) is 29.6 Å². The molecule has 0 atom stereocenters. The molecule has 6 heteroatoms. The second-order valence-electron chi connectivity index (χ2n) is 3.09. The molecule has 0 N–H and O–H groups in total. The van der Waals surface area contributed by atoms with E-state index in [0.717, 1.165) is 24.2 Å². The lowest BCUT2D eigenvalue weighted by Gasteiger charge is -2.37. The van der Waals surface area contributed by atoms with Gasteiger partial charge < -0.3 is 0 Å². The van der Waals surface area contributed by atoms with Crippen molar-refractivity contribution in [2.75, 3.05) is 13.1 Å². The van der Waals surface area contributed by atoms with E-state index in [2.05, 4.69) is 0 Å². The fourth-order valence-electron chi connectivity index (χ4n) is 1.35. The van der Waals surface area contributed by atoms with Crippen LogP contribution in [0.3, 0.4) is 0 Å². The van der Waals surface area contributed by atoms with Crippen molar-refractivity contribution in [2.24, 2.45) is 0 Å². The van der Waals surface area contributed by atoms with E-state index >= 15 is 0 Å². The lowest BCUT2D eigenvalue weighted by Crippen LogP contribution is -2.52. The molecule has 0 aliphatic carbocycles. The summed E-state index contributed by atoms with van der Waals surface area (Å²) in [6, 6.07) is 0. The molecular formula is C7H10Cl2F3N. The van der Waals surface area contributed by atoms with Crippen LogP contribution in [0.2, 0.25) is 0 Å². The van der Waals surface area contributed by atoms with Crippen molar-refractivity contribution in [1.29, 1.82) is 0 Å². The maximum atomic E-state index is 12.3. The topological polar surface area (TPSA) is 3.24 Å². The van der Waals surface area contributed by atoms with Crippen molar-refractivity contribution in [3.63, 3.8) is 0 Å². The fourth-order valence-corrected chi connectivity index (χ4v) is 1.69. The van der Waals surface area contributed by atoms with Gasteiger partial charge in [0.2, 0.25) is 0 Å². The van der Waals surface area contributed by atoms with Crippen LogP contribution in [0.25, 0.3) is 0 Å². The summed E-state index contributed by atoms with van der Waals surface area (Å²) in [6.45, 7) is 0.624. The van der Waals surface area contributed by atoms with Gasteiger partial charge in [0, 0.05) is 13.1 Å². The van der Waals surface area contributed by atoms with Crippen LogP contribution in [0.1, 0.15) is 19.3 Å². The molecule has 0 radical (unpaired) electrons. The summed E-state index contributed by atoms with van der Waals surface area (Å²) in [5.74, 6) is 0. The Morgan fingerprint density at radius 1 is 0.923 bits per heavy atom. The Balaban J connectivity index is 2.67. The van der Waals surface area contributed by atoms with Crippen LogP contribution < -0.4 is 0 Å². The molecule has 1 heterocycles. The smallest absolute Gasteiger partial charge is 0.265 e. The minimum absolute atomic E-state index is 0.312. The summed E-state index contributed by atoms with van der Waals surface area (Å²) >= 11 is 10.5. The molecule has 1 aliphatic rings. The Morgan fingerprint density at radius 3 is 1.77 bits per heavy atom. The SMILES string of the molecule is FC(F)(F)C(Cl)(Cl)N1CCCCC1. The average Bonchev–Trinajstić information content (AvgIpc) is 2.04. The van der Waals surface area contributed by atoms with Crippen molar-refractivity contribution >= 4 is 23.2 Å². The van der Waals surface area contributed by atoms with Crippen molar-refractivity contribution in [3.05, 3.63) is 0 Å². The number of nitrogens with zero attached hydrogens (tertiary/aromatic N) is 1. The van der Waals surface area contributed by atoms with E-state index in [4.69, 9.17) is 23.2 Å². The van der Waals surface area contributed by atoms with E-state index in [9.17, 15) is 13.2 Å². The molecule has 1 fully saturated rings. The summed E-state index contributed by atoms with van der Waals surface area (Å²) < 4.78 is 34.2. The molecule has 0 bridgehead atoms. The molecule has 0 unspecified atom stereocenters. The van der Waals surface area contributed by atoms with Crippen LogP contribution in [0.5, 0.6) is 0 Å². The van der Waals surface area contributed by atoms with Gasteiger partial charge in [0.1, 0.15) is 0 Å². The maximum absolute atomic E-state index is 12.3. The predicted molar refractivity (Wildman–Crippen MR) is 45.9 cm³/mol. The third-order valence-electron chi connectivity index (χ3n) is 2.09. The van der Waals surface area contributed by atoms with Crippen LogP contribution in [-0.4, -0.2) is 28.6 Å². The number of hydrogen-bond acceptors (Lipinski definition) is 1. The predicted octanol–water partition coefficient (Wildman–Crippen LogP) is 3.17. The minimum Gasteiger partial charge on any atom is -0.265 e. The van der Waals surface area contributed by atoms with E-state index in [1.807, 2.05) is 0 Å². The van der Waals surface area contributed by atoms with Crippen LogP contribution >= 0.6 is 23.2 Å². The van der Waals surface area contributed by atoms with Gasteiger partial charge in [0.15, 0.2) is 0 Å². The molecule has 0 aromatic rings. The Labute approximate surface area is 84.8 Å². The highest BCUT2D eigenvalue weighted by Crippen LogP contribution is 2.43. The molecule has 1 nitrogen and oxygen atoms in total. The normalized spacial score (nSPS) is 21.9. The maximum Gasteiger partial charge on any atom is 0.435 e. The van der Waals surface area contributed by atoms with Gasteiger partial charge in [-0.05, 0) is 12.8 Å². The molecule has 0 aromatic carbocycles. The van der Waals surface area contributed by atoms with Crippen molar-refractivity contribution in [3.8, 4) is 0 Å². The highest BCUT2D eigenvalue weighted by molar-refractivity contribution is 6.48. The first-order chi connectivity index (χ1) is 5.86. The molecule has 0 saturated carbocycles. The number of alkyl halides is 5. The zero-order chi connectivity index (χ0) is 10.1. The summed E-state index contributed by atoms with van der Waals surface area (Å²) in [5, 5.41) is 0. The summed E-state index contributed by atoms with van der Waals surface area (Å²) in [5.41, 5.74) is 0. The Bertz CT molecular complexity index is 175. The van der Waals surface area contributed by atoms with Gasteiger partial charge in [-0.2, -0.15) is 13.2 Å². The van der Waals surface area contributed by atoms with Crippen LogP contribution in [-0.2, 0) is 0 Å². The van der Waals surface area contributed by atoms with E-state index in [-0.39, 0.29) is 0 Å². The first kappa shape index (κ1) is 11.4. The number of piperidine rings is 1. The monoisotopic (exact) mass is 235 g/mol. The van der Waals surface area contributed by atoms with E-state index in [1.165, 1.54) is 0 Å². The second kappa shape index (κ2) is 3.83. The number of halogens is 5. The Kier molecular flexibility index (Phi) is 3.36. The summed E-state index contributed by atoms with van der Waals surface area (Å²) in [4.78, 5) is 1.07. The van der Waals surface area contributed by atoms with Gasteiger partial charge in [-0.25, -0.2) is 0 Å². The molecule has 1 aliphatic heterocycles. The second-order valence-corrected chi connectivity index (χ2v) is 4.37. The van der Waals surface area contributed by atoms with E-state index in [1.54, 1.807) is 0 Å². The summed E-state index contributed by atoms with van der Waals surface area (Å²) in [7, 11) is 0. The number of likely N-dealkylation sites (tertiary alicyclic amines) is 1. The molecule has 78 valence electrons. The first-order valence-corrected chi connectivity index (χ1v) is 4.81. The van der Waals surface area contributed by atoms with Gasteiger partial charge in [0.25, 0.3) is 4.46 Å². The van der Waals surface area contributed by atoms with Crippen molar-refractivity contribution < 1.29 is 13.2 Å². The van der Waals surface area contributed by atoms with Gasteiger partial charge in [0.05, 0.1) is 0 Å². The zero-order valence-corrected chi connectivity index (χ0v) is 8.38. The molecule has 0 amide bonds. The number of hydrogen-bond donors (Lipinski definition) is 0. The third kappa shape index (κ3) is 2.42.